The van der Waals surface area contributed by atoms with Crippen molar-refractivity contribution >= 4 is 11.6 Å². The van der Waals surface area contributed by atoms with Crippen LogP contribution in [0.4, 0.5) is 0 Å². The molecule has 0 heterocycles. The summed E-state index contributed by atoms with van der Waals surface area (Å²) in [4.78, 5) is 22.2. The third-order valence-electron chi connectivity index (χ3n) is 2.34. The largest absolute Gasteiger partial charge is 0.300 e. The number of hydrogen-bond acceptors (Lipinski definition) is 2. The second-order valence-corrected chi connectivity index (χ2v) is 4.02. The van der Waals surface area contributed by atoms with Crippen LogP contribution in [0.5, 0.6) is 0 Å². The Bertz CT molecular complexity index is 392. The Hall–Kier alpha value is -1.44. The molecule has 0 saturated heterocycles. The lowest BCUT2D eigenvalue weighted by atomic mass is 9.99. The highest BCUT2D eigenvalue weighted by atomic mass is 16.1. The molecule has 2 heteroatoms. The van der Waals surface area contributed by atoms with Crippen molar-refractivity contribution in [1.82, 2.24) is 0 Å². The molecule has 0 N–H and O–H groups in total. The molecule has 0 aliphatic carbocycles. The molecule has 1 aromatic rings. The molecule has 1 aromatic carbocycles. The summed E-state index contributed by atoms with van der Waals surface area (Å²) in [5.74, 6) is -0.0680. The number of aryl methyl sites for hydroxylation is 2. The maximum atomic E-state index is 11.5. The number of carbonyl (C=O) groups is 2. The minimum Gasteiger partial charge on any atom is -0.300 e. The van der Waals surface area contributed by atoms with Gasteiger partial charge in [-0.3, -0.25) is 9.59 Å². The average molecular weight is 204 g/mol. The topological polar surface area (TPSA) is 34.1 Å². The van der Waals surface area contributed by atoms with Gasteiger partial charge in [0.25, 0.3) is 0 Å². The Kier molecular flexibility index (Phi) is 3.78. The van der Waals surface area contributed by atoms with E-state index in [4.69, 9.17) is 0 Å². The van der Waals surface area contributed by atoms with Crippen LogP contribution in [-0.4, -0.2) is 11.6 Å². The Morgan fingerprint density at radius 3 is 2.47 bits per heavy atom. The molecule has 15 heavy (non-hydrogen) atoms. The van der Waals surface area contributed by atoms with Gasteiger partial charge in [-0.25, -0.2) is 0 Å². The van der Waals surface area contributed by atoms with E-state index in [-0.39, 0.29) is 18.0 Å². The van der Waals surface area contributed by atoms with Crippen molar-refractivity contribution in [2.75, 3.05) is 0 Å². The zero-order valence-electron chi connectivity index (χ0n) is 9.46. The second kappa shape index (κ2) is 4.87. The first-order chi connectivity index (χ1) is 6.99. The molecule has 0 aliphatic rings. The first kappa shape index (κ1) is 11.6. The second-order valence-electron chi connectivity index (χ2n) is 4.02. The summed E-state index contributed by atoms with van der Waals surface area (Å²) in [6.07, 6.45) is 0.417. The fourth-order valence-corrected chi connectivity index (χ4v) is 1.54. The van der Waals surface area contributed by atoms with E-state index in [0.717, 1.165) is 16.7 Å². The summed E-state index contributed by atoms with van der Waals surface area (Å²) in [5, 5.41) is 0. The van der Waals surface area contributed by atoms with Crippen molar-refractivity contribution in [2.45, 2.75) is 33.6 Å². The van der Waals surface area contributed by atoms with Gasteiger partial charge in [-0.1, -0.05) is 23.8 Å². The lowest BCUT2D eigenvalue weighted by molar-refractivity contribution is -0.125. The molecule has 0 atom stereocenters. The van der Waals surface area contributed by atoms with E-state index in [1.165, 1.54) is 6.92 Å². The Morgan fingerprint density at radius 2 is 1.87 bits per heavy atom. The number of Topliss-reactive ketones (excluding diaryl/α,β-unsaturated/α-hetero) is 2. The van der Waals surface area contributed by atoms with Crippen molar-refractivity contribution in [3.8, 4) is 0 Å². The van der Waals surface area contributed by atoms with Gasteiger partial charge < -0.3 is 0 Å². The number of carbonyl (C=O) groups excluding carboxylic acids is 2. The molecule has 0 unspecified atom stereocenters. The standard InChI is InChI=1S/C13H16O2/c1-9-4-5-10(2)12(6-9)8-13(15)7-11(3)14/h4-6H,7-8H2,1-3H3. The van der Waals surface area contributed by atoms with Crippen LogP contribution in [0.25, 0.3) is 0 Å². The summed E-state index contributed by atoms with van der Waals surface area (Å²) in [6.45, 7) is 5.43. The summed E-state index contributed by atoms with van der Waals surface area (Å²) < 4.78 is 0. The van der Waals surface area contributed by atoms with Gasteiger partial charge in [0, 0.05) is 6.42 Å². The summed E-state index contributed by atoms with van der Waals surface area (Å²) in [6, 6.07) is 6.04. The highest BCUT2D eigenvalue weighted by molar-refractivity contribution is 5.98. The van der Waals surface area contributed by atoms with Crippen LogP contribution in [0.15, 0.2) is 18.2 Å². The molecule has 0 saturated carbocycles. The Balaban J connectivity index is 2.76. The highest BCUT2D eigenvalue weighted by Gasteiger charge is 2.08. The Labute approximate surface area is 90.3 Å². The molecule has 0 spiro atoms. The zero-order valence-corrected chi connectivity index (χ0v) is 9.46. The van der Waals surface area contributed by atoms with Crippen LogP contribution in [0.1, 0.15) is 30.0 Å². The molecular formula is C13H16O2. The normalized spacial score (nSPS) is 10.1. The fourth-order valence-electron chi connectivity index (χ4n) is 1.54. The van der Waals surface area contributed by atoms with Crippen LogP contribution >= 0.6 is 0 Å². The van der Waals surface area contributed by atoms with Crippen LogP contribution < -0.4 is 0 Å². The lowest BCUT2D eigenvalue weighted by Crippen LogP contribution is -2.08. The van der Waals surface area contributed by atoms with Gasteiger partial charge in [0.1, 0.15) is 11.6 Å². The Morgan fingerprint density at radius 1 is 1.20 bits per heavy atom. The van der Waals surface area contributed by atoms with Gasteiger partial charge in [0.05, 0.1) is 6.42 Å². The van der Waals surface area contributed by atoms with Gasteiger partial charge in [0.2, 0.25) is 0 Å². The molecule has 0 radical (unpaired) electrons. The fraction of sp³-hybridized carbons (Fsp3) is 0.385. The van der Waals surface area contributed by atoms with Crippen LogP contribution in [0.3, 0.4) is 0 Å². The van der Waals surface area contributed by atoms with Crippen LogP contribution in [0.2, 0.25) is 0 Å². The minimum atomic E-state index is -0.0645. The number of hydrogen-bond donors (Lipinski definition) is 0. The van der Waals surface area contributed by atoms with Gasteiger partial charge in [-0.05, 0) is 31.9 Å². The smallest absolute Gasteiger partial charge is 0.144 e. The molecule has 0 fully saturated rings. The molecule has 2 nitrogen and oxygen atoms in total. The first-order valence-corrected chi connectivity index (χ1v) is 5.06. The molecular weight excluding hydrogens is 188 g/mol. The van der Waals surface area contributed by atoms with E-state index < -0.39 is 0 Å². The highest BCUT2D eigenvalue weighted by Crippen LogP contribution is 2.12. The summed E-state index contributed by atoms with van der Waals surface area (Å²) >= 11 is 0. The minimum absolute atomic E-state index is 0.00352. The van der Waals surface area contributed by atoms with E-state index in [1.807, 2.05) is 32.0 Å². The maximum Gasteiger partial charge on any atom is 0.144 e. The van der Waals surface area contributed by atoms with Crippen LogP contribution in [0, 0.1) is 13.8 Å². The van der Waals surface area contributed by atoms with E-state index >= 15 is 0 Å². The number of benzene rings is 1. The summed E-state index contributed by atoms with van der Waals surface area (Å²) in [5.41, 5.74) is 3.28. The monoisotopic (exact) mass is 204 g/mol. The predicted molar refractivity (Wildman–Crippen MR) is 59.9 cm³/mol. The molecule has 1 rings (SSSR count). The quantitative estimate of drug-likeness (QED) is 0.706. The molecule has 0 amide bonds. The molecule has 0 bridgehead atoms. The number of ketones is 2. The summed E-state index contributed by atoms with van der Waals surface area (Å²) in [7, 11) is 0. The lowest BCUT2D eigenvalue weighted by Gasteiger charge is -2.05. The molecule has 0 aromatic heterocycles. The first-order valence-electron chi connectivity index (χ1n) is 5.06. The van der Waals surface area contributed by atoms with Crippen molar-refractivity contribution in [3.63, 3.8) is 0 Å². The van der Waals surface area contributed by atoms with Gasteiger partial charge in [-0.2, -0.15) is 0 Å². The molecule has 80 valence electrons. The van der Waals surface area contributed by atoms with E-state index in [0.29, 0.717) is 6.42 Å². The molecule has 0 aliphatic heterocycles. The van der Waals surface area contributed by atoms with Crippen LogP contribution in [-0.2, 0) is 16.0 Å². The maximum absolute atomic E-state index is 11.5. The van der Waals surface area contributed by atoms with Crippen molar-refractivity contribution in [3.05, 3.63) is 34.9 Å². The van der Waals surface area contributed by atoms with Crippen molar-refractivity contribution in [1.29, 1.82) is 0 Å². The van der Waals surface area contributed by atoms with E-state index in [9.17, 15) is 9.59 Å². The predicted octanol–water partition coefficient (Wildman–Crippen LogP) is 2.39. The zero-order chi connectivity index (χ0) is 11.4. The van der Waals surface area contributed by atoms with Gasteiger partial charge in [0.15, 0.2) is 0 Å². The third kappa shape index (κ3) is 3.66. The third-order valence-corrected chi connectivity index (χ3v) is 2.34. The number of rotatable bonds is 4. The van der Waals surface area contributed by atoms with Gasteiger partial charge in [-0.15, -0.1) is 0 Å². The van der Waals surface area contributed by atoms with Crippen molar-refractivity contribution in [2.24, 2.45) is 0 Å². The SMILES string of the molecule is CC(=O)CC(=O)Cc1cc(C)ccc1C. The van der Waals surface area contributed by atoms with Gasteiger partial charge >= 0.3 is 0 Å². The van der Waals surface area contributed by atoms with E-state index in [2.05, 4.69) is 0 Å². The average Bonchev–Trinajstić information content (AvgIpc) is 2.10. The van der Waals surface area contributed by atoms with Crippen molar-refractivity contribution < 1.29 is 9.59 Å². The van der Waals surface area contributed by atoms with E-state index in [1.54, 1.807) is 0 Å².